The summed E-state index contributed by atoms with van der Waals surface area (Å²) in [5.41, 5.74) is 1.32. The Morgan fingerprint density at radius 1 is 0.800 bits per heavy atom. The third-order valence-electron chi connectivity index (χ3n) is 8.48. The van der Waals surface area contributed by atoms with Crippen LogP contribution in [0, 0.1) is 15.5 Å². The zero-order valence-electron chi connectivity index (χ0n) is 21.1. The van der Waals surface area contributed by atoms with Crippen molar-refractivity contribution in [1.29, 1.82) is 0 Å². The maximum atomic E-state index is 14.6. The predicted octanol–water partition coefficient (Wildman–Crippen LogP) is 5.91. The van der Waals surface area contributed by atoms with Crippen LogP contribution in [0.3, 0.4) is 0 Å². The highest BCUT2D eigenvalue weighted by Gasteiger charge is 2.71. The number of Topliss-reactive ketones (excluding diaryl/α,β-unsaturated/α-hetero) is 3. The first-order chi connectivity index (χ1) is 19.4. The largest absolute Gasteiger partial charge is 0.352 e. The molecular weight excluding hydrogens is 504 g/mol. The van der Waals surface area contributed by atoms with E-state index >= 15 is 0 Å². The van der Waals surface area contributed by atoms with E-state index in [0.29, 0.717) is 16.7 Å². The number of nitro groups is 1. The number of nitro benzene ring substituents is 1. The fourth-order valence-electron chi connectivity index (χ4n) is 6.89. The summed E-state index contributed by atoms with van der Waals surface area (Å²) in [7, 11) is 0. The van der Waals surface area contributed by atoms with Gasteiger partial charge >= 0.3 is 0 Å². The third kappa shape index (κ3) is 3.09. The van der Waals surface area contributed by atoms with E-state index in [-0.39, 0.29) is 28.6 Å². The highest BCUT2D eigenvalue weighted by Crippen LogP contribution is 2.60. The van der Waals surface area contributed by atoms with E-state index in [1.165, 1.54) is 18.2 Å². The standard InChI is InChI=1S/C33H22N2O5/c36-30(22-12-8-13-23(19-22)35(39)40)29-28(21-10-2-1-3-11-21)33(31(37)24-14-5-6-15-25(24)32(33)38)27-18-17-20-9-4-7-16-26(20)34(27)29/h1-19,27-29H/t27-,28+,29-/m0/s1. The molecule has 40 heavy (non-hydrogen) atoms. The Balaban J connectivity index is 1.53. The third-order valence-corrected chi connectivity index (χ3v) is 8.48. The summed E-state index contributed by atoms with van der Waals surface area (Å²) in [5, 5.41) is 11.6. The maximum absolute atomic E-state index is 14.6. The van der Waals surface area contributed by atoms with Crippen molar-refractivity contribution in [1.82, 2.24) is 0 Å². The van der Waals surface area contributed by atoms with Crippen LogP contribution in [0.2, 0.25) is 0 Å². The molecule has 0 amide bonds. The lowest BCUT2D eigenvalue weighted by atomic mass is 9.64. The molecule has 7 nitrogen and oxygen atoms in total. The van der Waals surface area contributed by atoms with Gasteiger partial charge in [-0.15, -0.1) is 0 Å². The van der Waals surface area contributed by atoms with Gasteiger partial charge in [0.05, 0.1) is 11.0 Å². The average molecular weight is 527 g/mol. The number of hydrogen-bond acceptors (Lipinski definition) is 6. The summed E-state index contributed by atoms with van der Waals surface area (Å²) in [6, 6.07) is 27.5. The number of benzene rings is 4. The molecule has 0 bridgehead atoms. The molecule has 1 fully saturated rings. The Morgan fingerprint density at radius 2 is 1.45 bits per heavy atom. The van der Waals surface area contributed by atoms with Gasteiger partial charge in [-0.1, -0.05) is 97.1 Å². The Hall–Kier alpha value is -5.17. The molecule has 4 aromatic rings. The maximum Gasteiger partial charge on any atom is 0.270 e. The number of rotatable bonds is 4. The molecule has 4 aromatic carbocycles. The van der Waals surface area contributed by atoms with Crippen LogP contribution in [0.25, 0.3) is 6.08 Å². The molecule has 7 heteroatoms. The number of carbonyl (C=O) groups excluding carboxylic acids is 3. The monoisotopic (exact) mass is 526 g/mol. The van der Waals surface area contributed by atoms with E-state index in [4.69, 9.17) is 0 Å². The van der Waals surface area contributed by atoms with Crippen molar-refractivity contribution in [3.63, 3.8) is 0 Å². The minimum atomic E-state index is -1.60. The molecule has 2 heterocycles. The van der Waals surface area contributed by atoms with Gasteiger partial charge in [0.15, 0.2) is 17.3 Å². The zero-order chi connectivity index (χ0) is 27.6. The van der Waals surface area contributed by atoms with Gasteiger partial charge in [-0.2, -0.15) is 0 Å². The number of hydrogen-bond donors (Lipinski definition) is 0. The highest BCUT2D eigenvalue weighted by molar-refractivity contribution is 6.32. The minimum Gasteiger partial charge on any atom is -0.352 e. The van der Waals surface area contributed by atoms with E-state index in [9.17, 15) is 24.5 Å². The fraction of sp³-hybridized carbons (Fsp3) is 0.121. The second-order valence-corrected chi connectivity index (χ2v) is 10.3. The van der Waals surface area contributed by atoms with Gasteiger partial charge in [0.2, 0.25) is 0 Å². The van der Waals surface area contributed by atoms with Crippen LogP contribution >= 0.6 is 0 Å². The van der Waals surface area contributed by atoms with Gasteiger partial charge in [-0.25, -0.2) is 0 Å². The minimum absolute atomic E-state index is 0.151. The van der Waals surface area contributed by atoms with Crippen molar-refractivity contribution in [2.45, 2.75) is 18.0 Å². The quantitative estimate of drug-likeness (QED) is 0.142. The summed E-state index contributed by atoms with van der Waals surface area (Å²) < 4.78 is 0. The Bertz CT molecular complexity index is 1740. The predicted molar refractivity (Wildman–Crippen MR) is 150 cm³/mol. The van der Waals surface area contributed by atoms with Gasteiger partial charge in [0, 0.05) is 40.4 Å². The molecular formula is C33H22N2O5. The van der Waals surface area contributed by atoms with Crippen LogP contribution in [0.5, 0.6) is 0 Å². The van der Waals surface area contributed by atoms with E-state index in [1.807, 2.05) is 71.6 Å². The first kappa shape index (κ1) is 23.9. The molecule has 0 radical (unpaired) electrons. The molecule has 1 aliphatic carbocycles. The molecule has 0 N–H and O–H groups in total. The number of carbonyl (C=O) groups is 3. The van der Waals surface area contributed by atoms with Gasteiger partial charge in [-0.3, -0.25) is 24.5 Å². The van der Waals surface area contributed by atoms with Gasteiger partial charge < -0.3 is 4.90 Å². The van der Waals surface area contributed by atoms with Crippen molar-refractivity contribution in [3.05, 3.63) is 147 Å². The number of non-ortho nitro benzene ring substituents is 1. The van der Waals surface area contributed by atoms with Crippen LogP contribution < -0.4 is 4.90 Å². The van der Waals surface area contributed by atoms with Crippen molar-refractivity contribution in [2.24, 2.45) is 5.41 Å². The fourth-order valence-corrected chi connectivity index (χ4v) is 6.89. The molecule has 0 unspecified atom stereocenters. The molecule has 3 atom stereocenters. The summed E-state index contributed by atoms with van der Waals surface area (Å²) in [6.07, 6.45) is 3.77. The lowest BCUT2D eigenvalue weighted by Crippen LogP contribution is -2.48. The van der Waals surface area contributed by atoms with Crippen molar-refractivity contribution >= 4 is 34.8 Å². The number of para-hydroxylation sites is 1. The number of nitrogens with zero attached hydrogens (tertiary/aromatic N) is 2. The van der Waals surface area contributed by atoms with Crippen LogP contribution in [0.15, 0.2) is 109 Å². The lowest BCUT2D eigenvalue weighted by Gasteiger charge is -2.37. The average Bonchev–Trinajstić information content (AvgIpc) is 3.43. The zero-order valence-corrected chi connectivity index (χ0v) is 21.1. The van der Waals surface area contributed by atoms with Crippen LogP contribution in [-0.2, 0) is 0 Å². The van der Waals surface area contributed by atoms with Crippen molar-refractivity contribution < 1.29 is 19.3 Å². The van der Waals surface area contributed by atoms with Crippen molar-refractivity contribution in [3.8, 4) is 0 Å². The van der Waals surface area contributed by atoms with Gasteiger partial charge in [0.25, 0.3) is 5.69 Å². The lowest BCUT2D eigenvalue weighted by molar-refractivity contribution is -0.384. The van der Waals surface area contributed by atoms with Gasteiger partial charge in [-0.05, 0) is 17.2 Å². The van der Waals surface area contributed by atoms with Gasteiger partial charge in [0.1, 0.15) is 11.5 Å². The molecule has 1 spiro atoms. The van der Waals surface area contributed by atoms with Crippen LogP contribution in [-0.4, -0.2) is 34.4 Å². The summed E-state index contributed by atoms with van der Waals surface area (Å²) in [4.78, 5) is 56.6. The summed E-state index contributed by atoms with van der Waals surface area (Å²) >= 11 is 0. The first-order valence-corrected chi connectivity index (χ1v) is 13.0. The molecule has 0 aromatic heterocycles. The van der Waals surface area contributed by atoms with Crippen molar-refractivity contribution in [2.75, 3.05) is 4.90 Å². The van der Waals surface area contributed by atoms with E-state index in [1.54, 1.807) is 30.3 Å². The van der Waals surface area contributed by atoms with E-state index in [2.05, 4.69) is 0 Å². The SMILES string of the molecule is O=C(c1cccc([N+](=O)[O-])c1)[C@@H]1[C@@H](c2ccccc2)C2(C(=O)c3ccccc3C2=O)[C@@H]2C=Cc3ccccc3N12. The topological polar surface area (TPSA) is 97.6 Å². The first-order valence-electron chi connectivity index (χ1n) is 13.0. The molecule has 7 rings (SSSR count). The van der Waals surface area contributed by atoms with Crippen LogP contribution in [0.4, 0.5) is 11.4 Å². The highest BCUT2D eigenvalue weighted by atomic mass is 16.6. The molecule has 1 saturated heterocycles. The number of ketones is 3. The second kappa shape index (κ2) is 8.68. The Morgan fingerprint density at radius 3 is 2.15 bits per heavy atom. The number of anilines is 1. The molecule has 0 saturated carbocycles. The summed E-state index contributed by atoms with van der Waals surface area (Å²) in [5.74, 6) is -1.86. The van der Waals surface area contributed by atoms with E-state index < -0.39 is 28.3 Å². The Kier molecular flexibility index (Phi) is 5.19. The normalized spacial score (nSPS) is 21.7. The molecule has 3 aliphatic rings. The molecule has 2 aliphatic heterocycles. The smallest absolute Gasteiger partial charge is 0.270 e. The Labute approximate surface area is 229 Å². The second-order valence-electron chi connectivity index (χ2n) is 10.3. The number of fused-ring (bicyclic) bond motifs is 5. The van der Waals surface area contributed by atoms with Crippen LogP contribution in [0.1, 0.15) is 48.1 Å². The molecule has 194 valence electrons. The van der Waals surface area contributed by atoms with E-state index in [0.717, 1.165) is 11.3 Å². The summed E-state index contributed by atoms with van der Waals surface area (Å²) in [6.45, 7) is 0.